The monoisotopic (exact) mass is 561 g/mol. The van der Waals surface area contributed by atoms with Crippen LogP contribution in [-0.4, -0.2) is 36.1 Å². The lowest BCUT2D eigenvalue weighted by atomic mass is 9.96. The van der Waals surface area contributed by atoms with Gasteiger partial charge in [-0.2, -0.15) is 0 Å². The highest BCUT2D eigenvalue weighted by molar-refractivity contribution is 7.92. The van der Waals surface area contributed by atoms with Crippen molar-refractivity contribution in [2.75, 3.05) is 22.7 Å². The number of hydrogen-bond acceptors (Lipinski definition) is 6. The Hall–Kier alpha value is -4.09. The highest BCUT2D eigenvalue weighted by Crippen LogP contribution is 2.44. The number of pyridine rings is 1. The van der Waals surface area contributed by atoms with Crippen molar-refractivity contribution in [3.8, 4) is 17.2 Å². The summed E-state index contributed by atoms with van der Waals surface area (Å²) >= 11 is 5.87. The quantitative estimate of drug-likeness (QED) is 0.325. The largest absolute Gasteiger partial charge is 0.454 e. The third-order valence-corrected chi connectivity index (χ3v) is 7.87. The first-order valence-electron chi connectivity index (χ1n) is 12.4. The summed E-state index contributed by atoms with van der Waals surface area (Å²) in [6.07, 6.45) is 2.91. The topological polar surface area (TPSA) is 97.7 Å². The molecule has 4 aromatic rings. The van der Waals surface area contributed by atoms with Crippen molar-refractivity contribution in [2.24, 2.45) is 0 Å². The molecule has 0 saturated carbocycles. The van der Waals surface area contributed by atoms with Crippen molar-refractivity contribution in [1.82, 2.24) is 14.9 Å². The van der Waals surface area contributed by atoms with Gasteiger partial charge in [-0.25, -0.2) is 8.42 Å². The van der Waals surface area contributed by atoms with E-state index in [0.29, 0.717) is 10.8 Å². The molecule has 200 valence electrons. The van der Waals surface area contributed by atoms with Crippen molar-refractivity contribution in [2.45, 2.75) is 25.9 Å². The summed E-state index contributed by atoms with van der Waals surface area (Å²) in [4.78, 5) is 6.72. The number of thiocarbonyl (C=S) groups is 1. The molecule has 4 heterocycles. The van der Waals surface area contributed by atoms with E-state index in [9.17, 15) is 8.42 Å². The van der Waals surface area contributed by atoms with E-state index in [2.05, 4.69) is 44.4 Å². The van der Waals surface area contributed by atoms with Crippen molar-refractivity contribution in [3.63, 3.8) is 0 Å². The molecule has 11 heteroatoms. The standard InChI is InChI=1S/C28H27N5O4S2/c1-17-14-22(18(2)32(17)21-11-12-24-25(15-21)37-16-36-24)27-26(23-6-4-5-13-29-23)30-28(38)33(27)20-9-7-19(8-10-20)31-39(3,34)35/h4-15,26-27,31H,16H2,1-3H3,(H,30,38)/t26-,27+/m1/s1. The Kier molecular flexibility index (Phi) is 6.19. The minimum absolute atomic E-state index is 0.210. The Balaban J connectivity index is 1.45. The molecule has 2 aliphatic rings. The number of rotatable bonds is 6. The number of sulfonamides is 1. The molecule has 0 unspecified atom stereocenters. The van der Waals surface area contributed by atoms with Gasteiger partial charge in [-0.1, -0.05) is 6.07 Å². The van der Waals surface area contributed by atoms with Crippen molar-refractivity contribution in [3.05, 3.63) is 95.6 Å². The molecule has 1 fully saturated rings. The highest BCUT2D eigenvalue weighted by Gasteiger charge is 2.42. The molecule has 2 atom stereocenters. The summed E-state index contributed by atoms with van der Waals surface area (Å²) in [7, 11) is -3.39. The average molecular weight is 562 g/mol. The summed E-state index contributed by atoms with van der Waals surface area (Å²) in [6.45, 7) is 4.40. The van der Waals surface area contributed by atoms with Gasteiger partial charge in [-0.05, 0) is 86.2 Å². The normalized spacial score (nSPS) is 18.3. The Morgan fingerprint density at radius 3 is 2.46 bits per heavy atom. The van der Waals surface area contributed by atoms with Gasteiger partial charge >= 0.3 is 0 Å². The second kappa shape index (κ2) is 9.58. The number of benzene rings is 2. The maximum atomic E-state index is 11.7. The van der Waals surface area contributed by atoms with Crippen molar-refractivity contribution < 1.29 is 17.9 Å². The first-order valence-corrected chi connectivity index (χ1v) is 14.7. The zero-order valence-electron chi connectivity index (χ0n) is 21.6. The van der Waals surface area contributed by atoms with Crippen LogP contribution in [0.1, 0.15) is 34.7 Å². The van der Waals surface area contributed by atoms with Gasteiger partial charge in [0.1, 0.15) is 0 Å². The van der Waals surface area contributed by atoms with Gasteiger partial charge in [-0.3, -0.25) is 9.71 Å². The smallest absolute Gasteiger partial charge is 0.231 e. The number of hydrogen-bond donors (Lipinski definition) is 2. The molecule has 0 aliphatic carbocycles. The van der Waals surface area contributed by atoms with Gasteiger partial charge in [0.05, 0.1) is 24.0 Å². The Morgan fingerprint density at radius 2 is 1.74 bits per heavy atom. The lowest BCUT2D eigenvalue weighted by Gasteiger charge is -2.28. The van der Waals surface area contributed by atoms with Gasteiger partial charge < -0.3 is 24.3 Å². The Bertz CT molecular complexity index is 1670. The average Bonchev–Trinajstić information content (AvgIpc) is 3.59. The third kappa shape index (κ3) is 4.68. The summed E-state index contributed by atoms with van der Waals surface area (Å²) in [5, 5.41) is 4.05. The Morgan fingerprint density at radius 1 is 1.00 bits per heavy atom. The molecule has 2 aromatic carbocycles. The van der Waals surface area contributed by atoms with Gasteiger partial charge in [0.25, 0.3) is 0 Å². The summed E-state index contributed by atoms with van der Waals surface area (Å²) < 4.78 is 39.3. The van der Waals surface area contributed by atoms with Gasteiger partial charge in [0, 0.05) is 40.7 Å². The minimum atomic E-state index is -3.39. The number of ether oxygens (including phenoxy) is 2. The van der Waals surface area contributed by atoms with Crippen LogP contribution in [0.4, 0.5) is 11.4 Å². The molecule has 0 spiro atoms. The molecule has 2 aromatic heterocycles. The number of anilines is 2. The van der Waals surface area contributed by atoms with E-state index in [1.807, 2.05) is 48.5 Å². The van der Waals surface area contributed by atoms with Crippen LogP contribution in [0.5, 0.6) is 11.5 Å². The number of nitrogens with one attached hydrogen (secondary N) is 2. The molecule has 2 aliphatic heterocycles. The zero-order valence-corrected chi connectivity index (χ0v) is 23.2. The predicted molar refractivity (Wildman–Crippen MR) is 154 cm³/mol. The van der Waals surface area contributed by atoms with E-state index in [-0.39, 0.29) is 18.9 Å². The van der Waals surface area contributed by atoms with E-state index in [0.717, 1.165) is 51.8 Å². The fourth-order valence-electron chi connectivity index (χ4n) is 5.36. The van der Waals surface area contributed by atoms with Crippen LogP contribution in [0, 0.1) is 13.8 Å². The van der Waals surface area contributed by atoms with E-state index >= 15 is 0 Å². The molecule has 0 radical (unpaired) electrons. The van der Waals surface area contributed by atoms with E-state index < -0.39 is 10.0 Å². The number of aryl methyl sites for hydroxylation is 1. The van der Waals surface area contributed by atoms with Crippen LogP contribution < -0.4 is 24.4 Å². The number of fused-ring (bicyclic) bond motifs is 1. The third-order valence-electron chi connectivity index (χ3n) is 6.95. The Labute approximate surface area is 232 Å². The SMILES string of the molecule is Cc1cc([C@H]2[C@@H](c3ccccn3)NC(=S)N2c2ccc(NS(C)(=O)=O)cc2)c(C)n1-c1ccc2c(c1)OCO2. The van der Waals surface area contributed by atoms with E-state index in [1.165, 1.54) is 0 Å². The minimum Gasteiger partial charge on any atom is -0.454 e. The molecule has 6 rings (SSSR count). The molecule has 0 bridgehead atoms. The molecular formula is C28H27N5O4S2. The second-order valence-electron chi connectivity index (χ2n) is 9.62. The van der Waals surface area contributed by atoms with Crippen LogP contribution in [0.2, 0.25) is 0 Å². The molecule has 2 N–H and O–H groups in total. The van der Waals surface area contributed by atoms with Crippen molar-refractivity contribution >= 4 is 38.7 Å². The van der Waals surface area contributed by atoms with Crippen molar-refractivity contribution in [1.29, 1.82) is 0 Å². The molecule has 39 heavy (non-hydrogen) atoms. The first-order chi connectivity index (χ1) is 18.7. The summed E-state index contributed by atoms with van der Waals surface area (Å²) in [5.74, 6) is 1.46. The van der Waals surface area contributed by atoms with Gasteiger partial charge in [0.15, 0.2) is 16.6 Å². The number of aromatic nitrogens is 2. The molecular weight excluding hydrogens is 534 g/mol. The maximum absolute atomic E-state index is 11.7. The first kappa shape index (κ1) is 25.2. The second-order valence-corrected chi connectivity index (χ2v) is 11.8. The number of nitrogens with zero attached hydrogens (tertiary/aromatic N) is 3. The van der Waals surface area contributed by atoms with Crippen LogP contribution in [0.15, 0.2) is 72.9 Å². The van der Waals surface area contributed by atoms with Crippen LogP contribution in [0.3, 0.4) is 0 Å². The van der Waals surface area contributed by atoms with Crippen LogP contribution in [0.25, 0.3) is 5.69 Å². The van der Waals surface area contributed by atoms with E-state index in [4.69, 9.17) is 21.7 Å². The molecule has 0 amide bonds. The highest BCUT2D eigenvalue weighted by atomic mass is 32.2. The van der Waals surface area contributed by atoms with Gasteiger partial charge in [-0.15, -0.1) is 0 Å². The van der Waals surface area contributed by atoms with Crippen LogP contribution in [-0.2, 0) is 10.0 Å². The lowest BCUT2D eigenvalue weighted by Crippen LogP contribution is -2.29. The van der Waals surface area contributed by atoms with E-state index in [1.54, 1.807) is 18.3 Å². The predicted octanol–water partition coefficient (Wildman–Crippen LogP) is 4.77. The van der Waals surface area contributed by atoms with Gasteiger partial charge in [0.2, 0.25) is 16.8 Å². The fourth-order valence-corrected chi connectivity index (χ4v) is 6.27. The molecule has 1 saturated heterocycles. The molecule has 9 nitrogen and oxygen atoms in total. The maximum Gasteiger partial charge on any atom is 0.231 e. The van der Waals surface area contributed by atoms with Crippen LogP contribution >= 0.6 is 12.2 Å². The lowest BCUT2D eigenvalue weighted by molar-refractivity contribution is 0.174. The summed E-state index contributed by atoms with van der Waals surface area (Å²) in [5.41, 5.74) is 6.38. The summed E-state index contributed by atoms with van der Waals surface area (Å²) in [6, 6.07) is 20.8. The fraction of sp³-hybridized carbons (Fsp3) is 0.214. The zero-order chi connectivity index (χ0) is 27.3.